The first-order valence-electron chi connectivity index (χ1n) is 5.04. The third-order valence-corrected chi connectivity index (χ3v) is 3.45. The van der Waals surface area contributed by atoms with Crippen LogP contribution in [0.3, 0.4) is 0 Å². The zero-order chi connectivity index (χ0) is 10.9. The fourth-order valence-electron chi connectivity index (χ4n) is 1.53. The Balaban J connectivity index is 0.00000128. The fraction of sp³-hybridized carbons (Fsp3) is 0.545. The van der Waals surface area contributed by atoms with Crippen LogP contribution in [0, 0.1) is 0 Å². The summed E-state index contributed by atoms with van der Waals surface area (Å²) in [6.07, 6.45) is 4.20. The van der Waals surface area contributed by atoms with E-state index in [1.807, 2.05) is 12.1 Å². The van der Waals surface area contributed by atoms with Gasteiger partial charge in [-0.25, -0.2) is 4.98 Å². The van der Waals surface area contributed by atoms with Gasteiger partial charge in [0.15, 0.2) is 0 Å². The van der Waals surface area contributed by atoms with Gasteiger partial charge in [-0.15, -0.1) is 12.4 Å². The van der Waals surface area contributed by atoms with Crippen molar-refractivity contribution in [1.29, 1.82) is 0 Å². The molecule has 16 heavy (non-hydrogen) atoms. The van der Waals surface area contributed by atoms with Gasteiger partial charge in [0.05, 0.1) is 11.7 Å². The van der Waals surface area contributed by atoms with Crippen LogP contribution in [0.5, 0.6) is 5.75 Å². The summed E-state index contributed by atoms with van der Waals surface area (Å²) >= 11 is 3.30. The molecule has 0 amide bonds. The molecule has 0 aromatic carbocycles. The Labute approximate surface area is 111 Å². The molecule has 1 aromatic heterocycles. The van der Waals surface area contributed by atoms with Crippen LogP contribution < -0.4 is 4.74 Å². The quantitative estimate of drug-likeness (QED) is 0.800. The highest BCUT2D eigenvalue weighted by atomic mass is 79.9. The molecule has 1 aliphatic rings. The molecule has 1 aromatic rings. The van der Waals surface area contributed by atoms with Gasteiger partial charge >= 0.3 is 0 Å². The Bertz CT molecular complexity index is 338. The first-order chi connectivity index (χ1) is 7.12. The first-order valence-corrected chi connectivity index (χ1v) is 5.83. The monoisotopic (exact) mass is 306 g/mol. The molecule has 0 spiro atoms. The Morgan fingerprint density at radius 3 is 2.56 bits per heavy atom. The number of halogens is 2. The summed E-state index contributed by atoms with van der Waals surface area (Å²) in [6, 6.07) is 3.83. The van der Waals surface area contributed by atoms with Crippen molar-refractivity contribution in [3.05, 3.63) is 22.9 Å². The van der Waals surface area contributed by atoms with Crippen molar-refractivity contribution in [2.75, 3.05) is 20.7 Å². The maximum absolute atomic E-state index is 5.72. The number of pyridine rings is 1. The van der Waals surface area contributed by atoms with Crippen LogP contribution in [-0.4, -0.2) is 36.1 Å². The lowest BCUT2D eigenvalue weighted by Gasteiger charge is -2.23. The number of hydrogen-bond acceptors (Lipinski definition) is 3. The number of likely N-dealkylation sites (N-methyl/N-ethyl adjacent to an activating group) is 1. The molecule has 3 nitrogen and oxygen atoms in total. The van der Waals surface area contributed by atoms with Gasteiger partial charge < -0.3 is 9.64 Å². The van der Waals surface area contributed by atoms with Crippen LogP contribution in [0.4, 0.5) is 0 Å². The van der Waals surface area contributed by atoms with Crippen LogP contribution in [0.1, 0.15) is 12.8 Å². The Kier molecular flexibility index (Phi) is 4.59. The van der Waals surface area contributed by atoms with Gasteiger partial charge in [0.2, 0.25) is 0 Å². The maximum atomic E-state index is 5.72. The molecule has 0 atom stereocenters. The molecule has 0 N–H and O–H groups in total. The Hall–Kier alpha value is -0.320. The van der Waals surface area contributed by atoms with Gasteiger partial charge in [-0.05, 0) is 55.0 Å². The summed E-state index contributed by atoms with van der Waals surface area (Å²) < 4.78 is 6.56. The molecule has 0 aliphatic heterocycles. The van der Waals surface area contributed by atoms with Crippen molar-refractivity contribution in [2.24, 2.45) is 0 Å². The van der Waals surface area contributed by atoms with Gasteiger partial charge in [-0.2, -0.15) is 0 Å². The average Bonchev–Trinajstić information content (AvgIpc) is 2.98. The van der Waals surface area contributed by atoms with Crippen LogP contribution in [0.15, 0.2) is 22.9 Å². The maximum Gasteiger partial charge on any atom is 0.137 e. The normalized spacial score (nSPS) is 16.8. The van der Waals surface area contributed by atoms with E-state index in [2.05, 4.69) is 39.9 Å². The molecular weight excluding hydrogens is 291 g/mol. The van der Waals surface area contributed by atoms with Crippen LogP contribution in [0.2, 0.25) is 0 Å². The van der Waals surface area contributed by atoms with Crippen molar-refractivity contribution in [3.63, 3.8) is 0 Å². The first kappa shape index (κ1) is 13.7. The number of aromatic nitrogens is 1. The fourth-order valence-corrected chi connectivity index (χ4v) is 1.76. The van der Waals surface area contributed by atoms with Gasteiger partial charge in [-0.3, -0.25) is 0 Å². The molecule has 0 saturated heterocycles. The topological polar surface area (TPSA) is 25.4 Å². The van der Waals surface area contributed by atoms with Gasteiger partial charge in [0.25, 0.3) is 0 Å². The molecule has 1 saturated carbocycles. The molecule has 1 fully saturated rings. The van der Waals surface area contributed by atoms with E-state index in [0.717, 1.165) is 17.0 Å². The van der Waals surface area contributed by atoms with E-state index >= 15 is 0 Å². The predicted molar refractivity (Wildman–Crippen MR) is 70.3 cm³/mol. The van der Waals surface area contributed by atoms with Crippen molar-refractivity contribution in [2.45, 2.75) is 18.4 Å². The summed E-state index contributed by atoms with van der Waals surface area (Å²) in [6.45, 7) is 0.753. The lowest BCUT2D eigenvalue weighted by molar-refractivity contribution is 0.167. The van der Waals surface area contributed by atoms with E-state index in [1.54, 1.807) is 6.20 Å². The Morgan fingerprint density at radius 2 is 2.12 bits per heavy atom. The van der Waals surface area contributed by atoms with Gasteiger partial charge in [-0.1, -0.05) is 0 Å². The molecule has 1 aliphatic carbocycles. The SMILES string of the molecule is CN(C)C1(COc2ccc(Br)nc2)CC1.Cl. The van der Waals surface area contributed by atoms with Crippen molar-refractivity contribution in [1.82, 2.24) is 9.88 Å². The highest BCUT2D eigenvalue weighted by molar-refractivity contribution is 9.10. The standard InChI is InChI=1S/C11H15BrN2O.ClH/c1-14(2)11(5-6-11)8-15-9-3-4-10(12)13-7-9;/h3-4,7H,5-6,8H2,1-2H3;1H. The summed E-state index contributed by atoms with van der Waals surface area (Å²) in [5, 5.41) is 0. The van der Waals surface area contributed by atoms with E-state index < -0.39 is 0 Å². The molecule has 1 heterocycles. The number of ether oxygens (including phenoxy) is 1. The van der Waals surface area contributed by atoms with Crippen molar-refractivity contribution < 1.29 is 4.74 Å². The minimum Gasteiger partial charge on any atom is -0.490 e. The van der Waals surface area contributed by atoms with E-state index in [9.17, 15) is 0 Å². The molecule has 5 heteroatoms. The molecule has 0 unspecified atom stereocenters. The summed E-state index contributed by atoms with van der Waals surface area (Å²) in [4.78, 5) is 6.37. The third kappa shape index (κ3) is 3.09. The number of nitrogens with zero attached hydrogens (tertiary/aromatic N) is 2. The second-order valence-corrected chi connectivity index (χ2v) is 5.04. The minimum absolute atomic E-state index is 0. The van der Waals surface area contributed by atoms with Crippen molar-refractivity contribution in [3.8, 4) is 5.75 Å². The van der Waals surface area contributed by atoms with E-state index in [-0.39, 0.29) is 17.9 Å². The summed E-state index contributed by atoms with van der Waals surface area (Å²) in [5.41, 5.74) is 0.271. The molecule has 0 radical (unpaired) electrons. The van der Waals surface area contributed by atoms with Gasteiger partial charge in [0, 0.05) is 0 Å². The zero-order valence-electron chi connectivity index (χ0n) is 9.44. The number of hydrogen-bond donors (Lipinski definition) is 0. The molecule has 2 rings (SSSR count). The van der Waals surface area contributed by atoms with E-state index in [4.69, 9.17) is 4.74 Å². The summed E-state index contributed by atoms with van der Waals surface area (Å²) in [5.74, 6) is 0.839. The average molecular weight is 308 g/mol. The Morgan fingerprint density at radius 1 is 1.44 bits per heavy atom. The van der Waals surface area contributed by atoms with Crippen molar-refractivity contribution >= 4 is 28.3 Å². The third-order valence-electron chi connectivity index (χ3n) is 2.98. The molecule has 0 bridgehead atoms. The largest absolute Gasteiger partial charge is 0.490 e. The predicted octanol–water partition coefficient (Wildman–Crippen LogP) is 2.74. The van der Waals surface area contributed by atoms with E-state index in [1.165, 1.54) is 12.8 Å². The van der Waals surface area contributed by atoms with Crippen LogP contribution >= 0.6 is 28.3 Å². The molecular formula is C11H16BrClN2O. The lowest BCUT2D eigenvalue weighted by atomic mass is 10.3. The highest BCUT2D eigenvalue weighted by Crippen LogP contribution is 2.40. The van der Waals surface area contributed by atoms with Crippen LogP contribution in [0.25, 0.3) is 0 Å². The number of rotatable bonds is 4. The minimum atomic E-state index is 0. The molecule has 90 valence electrons. The zero-order valence-corrected chi connectivity index (χ0v) is 11.8. The van der Waals surface area contributed by atoms with E-state index in [0.29, 0.717) is 0 Å². The smallest absolute Gasteiger partial charge is 0.137 e. The lowest BCUT2D eigenvalue weighted by Crippen LogP contribution is -2.35. The van der Waals surface area contributed by atoms with Gasteiger partial charge in [0.1, 0.15) is 17.0 Å². The highest BCUT2D eigenvalue weighted by Gasteiger charge is 2.45. The summed E-state index contributed by atoms with van der Waals surface area (Å²) in [7, 11) is 4.21. The second-order valence-electron chi connectivity index (χ2n) is 4.22. The second kappa shape index (κ2) is 5.34. The van der Waals surface area contributed by atoms with Crippen LogP contribution in [-0.2, 0) is 0 Å².